The number of nitrogens with one attached hydrogen (secondary N) is 1. The van der Waals surface area contributed by atoms with E-state index in [-0.39, 0.29) is 10.6 Å². The van der Waals surface area contributed by atoms with Gasteiger partial charge in [0.2, 0.25) is 15.9 Å². The predicted octanol–water partition coefficient (Wildman–Crippen LogP) is 0.163. The monoisotopic (exact) mass is 289 g/mol. The van der Waals surface area contributed by atoms with E-state index in [1.165, 1.54) is 25.9 Å². The van der Waals surface area contributed by atoms with Crippen molar-refractivity contribution in [1.82, 2.24) is 9.62 Å². The highest BCUT2D eigenvalue weighted by molar-refractivity contribution is 7.89. The highest BCUT2D eigenvalue weighted by atomic mass is 32.2. The summed E-state index contributed by atoms with van der Waals surface area (Å²) in [7, 11) is -0.888. The summed E-state index contributed by atoms with van der Waals surface area (Å²) < 4.78 is 39.1. The maximum absolute atomic E-state index is 13.0. The van der Waals surface area contributed by atoms with Gasteiger partial charge in [-0.05, 0) is 25.1 Å². The van der Waals surface area contributed by atoms with Crippen LogP contribution in [0.1, 0.15) is 6.92 Å². The highest BCUT2D eigenvalue weighted by Gasteiger charge is 2.23. The topological polar surface area (TPSA) is 92.5 Å². The zero-order chi connectivity index (χ0) is 14.8. The fraction of sp³-hybridized carbons (Fsp3) is 0.364. The molecule has 3 N–H and O–H groups in total. The minimum atomic E-state index is -3.92. The lowest BCUT2D eigenvalue weighted by Gasteiger charge is -2.18. The molecule has 0 fully saturated rings. The van der Waals surface area contributed by atoms with Crippen LogP contribution in [0.3, 0.4) is 0 Å². The molecule has 1 atom stereocenters. The van der Waals surface area contributed by atoms with Gasteiger partial charge in [0.1, 0.15) is 5.82 Å². The van der Waals surface area contributed by atoms with Gasteiger partial charge >= 0.3 is 0 Å². The number of carbonyl (C=O) groups is 1. The van der Waals surface area contributed by atoms with E-state index in [2.05, 4.69) is 4.72 Å². The molecule has 1 amide bonds. The summed E-state index contributed by atoms with van der Waals surface area (Å²) in [6.07, 6.45) is 0. The first-order valence-electron chi connectivity index (χ1n) is 5.43. The van der Waals surface area contributed by atoms with E-state index in [1.54, 1.807) is 0 Å². The summed E-state index contributed by atoms with van der Waals surface area (Å²) in [5.41, 5.74) is 5.04. The molecular formula is C11H16FN3O3S. The van der Waals surface area contributed by atoms with Gasteiger partial charge in [-0.2, -0.15) is 4.72 Å². The fourth-order valence-electron chi connectivity index (χ4n) is 1.43. The van der Waals surface area contributed by atoms with Gasteiger partial charge in [0.05, 0.1) is 16.6 Å². The largest absolute Gasteiger partial charge is 0.396 e. The van der Waals surface area contributed by atoms with Crippen LogP contribution < -0.4 is 10.5 Å². The van der Waals surface area contributed by atoms with Gasteiger partial charge in [-0.1, -0.05) is 0 Å². The molecule has 0 spiro atoms. The van der Waals surface area contributed by atoms with E-state index in [1.807, 2.05) is 0 Å². The molecule has 106 valence electrons. The molecule has 0 bridgehead atoms. The van der Waals surface area contributed by atoms with Gasteiger partial charge in [0, 0.05) is 14.1 Å². The zero-order valence-electron chi connectivity index (χ0n) is 10.8. The van der Waals surface area contributed by atoms with Crippen molar-refractivity contribution in [1.29, 1.82) is 0 Å². The first kappa shape index (κ1) is 15.4. The Morgan fingerprint density at radius 2 is 2.00 bits per heavy atom. The Bertz CT molecular complexity index is 587. The number of benzene rings is 1. The zero-order valence-corrected chi connectivity index (χ0v) is 11.7. The normalized spacial score (nSPS) is 13.1. The van der Waals surface area contributed by atoms with Crippen molar-refractivity contribution in [2.24, 2.45) is 0 Å². The predicted molar refractivity (Wildman–Crippen MR) is 69.3 cm³/mol. The summed E-state index contributed by atoms with van der Waals surface area (Å²) in [6.45, 7) is 1.42. The number of anilines is 1. The number of nitrogens with two attached hydrogens (primary N) is 1. The third kappa shape index (κ3) is 3.65. The van der Waals surface area contributed by atoms with Gasteiger partial charge < -0.3 is 10.6 Å². The Hall–Kier alpha value is -1.67. The van der Waals surface area contributed by atoms with E-state index in [0.717, 1.165) is 18.2 Å². The van der Waals surface area contributed by atoms with Crippen molar-refractivity contribution in [2.45, 2.75) is 17.9 Å². The third-order valence-electron chi connectivity index (χ3n) is 2.42. The Kier molecular flexibility index (Phi) is 4.48. The average molecular weight is 289 g/mol. The fourth-order valence-corrected chi connectivity index (χ4v) is 2.66. The number of rotatable bonds is 4. The Morgan fingerprint density at radius 1 is 1.42 bits per heavy atom. The number of halogens is 1. The van der Waals surface area contributed by atoms with E-state index in [4.69, 9.17) is 5.73 Å². The number of sulfonamides is 1. The van der Waals surface area contributed by atoms with Crippen LogP contribution >= 0.6 is 0 Å². The molecule has 0 radical (unpaired) electrons. The van der Waals surface area contributed by atoms with E-state index >= 15 is 0 Å². The minimum Gasteiger partial charge on any atom is -0.396 e. The smallest absolute Gasteiger partial charge is 0.241 e. The van der Waals surface area contributed by atoms with Gasteiger partial charge in [0.15, 0.2) is 0 Å². The maximum Gasteiger partial charge on any atom is 0.241 e. The molecule has 1 unspecified atom stereocenters. The number of hydrogen-bond acceptors (Lipinski definition) is 4. The first-order valence-corrected chi connectivity index (χ1v) is 6.92. The minimum absolute atomic E-state index is 0.190. The van der Waals surface area contributed by atoms with Crippen LogP contribution in [-0.2, 0) is 14.8 Å². The van der Waals surface area contributed by atoms with E-state index in [0.29, 0.717) is 0 Å². The summed E-state index contributed by atoms with van der Waals surface area (Å²) in [4.78, 5) is 12.7. The van der Waals surface area contributed by atoms with Crippen molar-refractivity contribution >= 4 is 21.6 Å². The number of carbonyl (C=O) groups excluding carboxylic acids is 1. The van der Waals surface area contributed by atoms with E-state index < -0.39 is 27.8 Å². The molecule has 1 aromatic rings. The number of hydrogen-bond donors (Lipinski definition) is 2. The standard InChI is InChI=1S/C11H16FN3O3S/c1-7(11(16)15(2)3)14-19(17,18)8-4-5-9(12)10(13)6-8/h4-7,14H,13H2,1-3H3. The molecule has 0 aromatic heterocycles. The molecule has 8 heteroatoms. The summed E-state index contributed by atoms with van der Waals surface area (Å²) in [6, 6.07) is 2.12. The molecule has 0 heterocycles. The summed E-state index contributed by atoms with van der Waals surface area (Å²) in [5.74, 6) is -1.09. The average Bonchev–Trinajstić information content (AvgIpc) is 2.30. The molecule has 1 rings (SSSR count). The molecule has 0 aliphatic heterocycles. The maximum atomic E-state index is 13.0. The van der Waals surface area contributed by atoms with Crippen LogP contribution in [0, 0.1) is 5.82 Å². The van der Waals surface area contributed by atoms with Gasteiger partial charge in [-0.15, -0.1) is 0 Å². The van der Waals surface area contributed by atoms with Crippen molar-refractivity contribution in [3.05, 3.63) is 24.0 Å². The Balaban J connectivity index is 2.99. The number of likely N-dealkylation sites (N-methyl/N-ethyl adjacent to an activating group) is 1. The van der Waals surface area contributed by atoms with Crippen LogP contribution in [0.15, 0.2) is 23.1 Å². The van der Waals surface area contributed by atoms with Crippen LogP contribution in [0.5, 0.6) is 0 Å². The Labute approximate surface area is 111 Å². The van der Waals surface area contributed by atoms with Crippen molar-refractivity contribution in [3.63, 3.8) is 0 Å². The number of nitrogens with zero attached hydrogens (tertiary/aromatic N) is 1. The lowest BCUT2D eigenvalue weighted by Crippen LogP contribution is -2.44. The molecule has 19 heavy (non-hydrogen) atoms. The van der Waals surface area contributed by atoms with Crippen LogP contribution in [0.2, 0.25) is 0 Å². The SMILES string of the molecule is CC(NS(=O)(=O)c1ccc(F)c(N)c1)C(=O)N(C)C. The first-order chi connectivity index (χ1) is 8.65. The molecule has 0 saturated heterocycles. The molecule has 0 aliphatic rings. The molecule has 0 saturated carbocycles. The second-order valence-corrected chi connectivity index (χ2v) is 5.97. The number of amides is 1. The summed E-state index contributed by atoms with van der Waals surface area (Å²) >= 11 is 0. The lowest BCUT2D eigenvalue weighted by molar-refractivity contribution is -0.130. The Morgan fingerprint density at radius 3 is 2.47 bits per heavy atom. The van der Waals surface area contributed by atoms with Crippen LogP contribution in [0.4, 0.5) is 10.1 Å². The second kappa shape index (κ2) is 5.54. The van der Waals surface area contributed by atoms with Crippen LogP contribution in [-0.4, -0.2) is 39.4 Å². The second-order valence-electron chi connectivity index (χ2n) is 4.26. The molecule has 1 aromatic carbocycles. The van der Waals surface area contributed by atoms with Crippen molar-refractivity contribution in [2.75, 3.05) is 19.8 Å². The quantitative estimate of drug-likeness (QED) is 0.772. The van der Waals surface area contributed by atoms with Crippen molar-refractivity contribution < 1.29 is 17.6 Å². The van der Waals surface area contributed by atoms with Gasteiger partial charge in [-0.3, -0.25) is 4.79 Å². The number of nitrogen functional groups attached to an aromatic ring is 1. The van der Waals surface area contributed by atoms with Crippen LogP contribution in [0.25, 0.3) is 0 Å². The van der Waals surface area contributed by atoms with E-state index in [9.17, 15) is 17.6 Å². The lowest BCUT2D eigenvalue weighted by atomic mass is 10.3. The summed E-state index contributed by atoms with van der Waals surface area (Å²) in [5, 5.41) is 0. The molecule has 6 nitrogen and oxygen atoms in total. The highest BCUT2D eigenvalue weighted by Crippen LogP contribution is 2.16. The molecular weight excluding hydrogens is 273 g/mol. The van der Waals surface area contributed by atoms with Crippen molar-refractivity contribution in [3.8, 4) is 0 Å². The van der Waals surface area contributed by atoms with Gasteiger partial charge in [0.25, 0.3) is 0 Å². The van der Waals surface area contributed by atoms with Gasteiger partial charge in [-0.25, -0.2) is 12.8 Å². The third-order valence-corrected chi connectivity index (χ3v) is 3.96. The molecule has 0 aliphatic carbocycles.